The van der Waals surface area contributed by atoms with E-state index >= 15 is 0 Å². The molecule has 2 atom stereocenters. The molecule has 0 saturated carbocycles. The summed E-state index contributed by atoms with van der Waals surface area (Å²) in [4.78, 5) is 24.1. The molecule has 1 aliphatic heterocycles. The standard InChI is InChI=1S/C16H23FN4O2/c1-16(2,3)20-13(22)9-18-15(23)12-8-19-21-14(12)10-4-6-11(17)7-5-10/h4-7,12,14,19,21H,8-9H2,1-3H3,(H,18,23)(H,20,22). The van der Waals surface area contributed by atoms with Crippen molar-refractivity contribution in [1.82, 2.24) is 21.5 Å². The van der Waals surface area contributed by atoms with E-state index in [-0.39, 0.29) is 41.7 Å². The molecule has 1 aromatic carbocycles. The van der Waals surface area contributed by atoms with Crippen molar-refractivity contribution in [2.24, 2.45) is 5.92 Å². The van der Waals surface area contributed by atoms with Crippen molar-refractivity contribution in [3.05, 3.63) is 35.6 Å². The van der Waals surface area contributed by atoms with Gasteiger partial charge in [0.1, 0.15) is 5.82 Å². The second-order valence-corrected chi connectivity index (χ2v) is 6.68. The lowest BCUT2D eigenvalue weighted by atomic mass is 9.94. The fraction of sp³-hybridized carbons (Fsp3) is 0.500. The Morgan fingerprint density at radius 1 is 1.26 bits per heavy atom. The van der Waals surface area contributed by atoms with E-state index in [1.165, 1.54) is 12.1 Å². The Kier molecular flexibility index (Phi) is 5.33. The van der Waals surface area contributed by atoms with E-state index in [0.717, 1.165) is 5.56 Å². The summed E-state index contributed by atoms with van der Waals surface area (Å²) in [6.07, 6.45) is 0. The Morgan fingerprint density at radius 2 is 1.91 bits per heavy atom. The first kappa shape index (κ1) is 17.4. The van der Waals surface area contributed by atoms with E-state index < -0.39 is 0 Å². The molecule has 1 saturated heterocycles. The number of carbonyl (C=O) groups excluding carboxylic acids is 2. The van der Waals surface area contributed by atoms with Gasteiger partial charge in [-0.05, 0) is 38.5 Å². The van der Waals surface area contributed by atoms with E-state index in [2.05, 4.69) is 21.5 Å². The van der Waals surface area contributed by atoms with Crippen LogP contribution in [-0.2, 0) is 9.59 Å². The molecule has 0 aromatic heterocycles. The van der Waals surface area contributed by atoms with Crippen molar-refractivity contribution in [2.75, 3.05) is 13.1 Å². The smallest absolute Gasteiger partial charge is 0.239 e. The van der Waals surface area contributed by atoms with Gasteiger partial charge in [-0.15, -0.1) is 0 Å². The third-order valence-electron chi connectivity index (χ3n) is 3.49. The zero-order valence-electron chi connectivity index (χ0n) is 13.6. The number of carbonyl (C=O) groups is 2. The van der Waals surface area contributed by atoms with E-state index in [0.29, 0.717) is 6.54 Å². The van der Waals surface area contributed by atoms with Gasteiger partial charge in [0, 0.05) is 12.1 Å². The minimum Gasteiger partial charge on any atom is -0.350 e. The summed E-state index contributed by atoms with van der Waals surface area (Å²) >= 11 is 0. The Bertz CT molecular complexity index is 568. The van der Waals surface area contributed by atoms with Crippen molar-refractivity contribution in [1.29, 1.82) is 0 Å². The van der Waals surface area contributed by atoms with Crippen molar-refractivity contribution in [3.8, 4) is 0 Å². The van der Waals surface area contributed by atoms with Gasteiger partial charge in [0.25, 0.3) is 0 Å². The van der Waals surface area contributed by atoms with Crippen LogP contribution in [0.4, 0.5) is 4.39 Å². The Balaban J connectivity index is 1.93. The summed E-state index contributed by atoms with van der Waals surface area (Å²) in [7, 11) is 0. The third-order valence-corrected chi connectivity index (χ3v) is 3.49. The Morgan fingerprint density at radius 3 is 2.52 bits per heavy atom. The van der Waals surface area contributed by atoms with E-state index in [9.17, 15) is 14.0 Å². The molecule has 1 aromatic rings. The summed E-state index contributed by atoms with van der Waals surface area (Å²) in [6.45, 7) is 6.00. The van der Waals surface area contributed by atoms with Gasteiger partial charge >= 0.3 is 0 Å². The molecule has 126 valence electrons. The highest BCUT2D eigenvalue weighted by Gasteiger charge is 2.34. The number of hydrazine groups is 1. The molecule has 0 radical (unpaired) electrons. The van der Waals surface area contributed by atoms with Crippen molar-refractivity contribution >= 4 is 11.8 Å². The normalized spacial score (nSPS) is 21.0. The first-order valence-corrected chi connectivity index (χ1v) is 7.59. The van der Waals surface area contributed by atoms with Gasteiger partial charge in [-0.25, -0.2) is 9.82 Å². The molecule has 0 aliphatic carbocycles. The van der Waals surface area contributed by atoms with Crippen LogP contribution in [-0.4, -0.2) is 30.4 Å². The van der Waals surface area contributed by atoms with Crippen molar-refractivity contribution in [3.63, 3.8) is 0 Å². The van der Waals surface area contributed by atoms with Crippen LogP contribution >= 0.6 is 0 Å². The predicted octanol–water partition coefficient (Wildman–Crippen LogP) is 0.622. The average molecular weight is 322 g/mol. The van der Waals surface area contributed by atoms with Gasteiger partial charge < -0.3 is 10.6 Å². The Hall–Kier alpha value is -1.99. The third kappa shape index (κ3) is 5.01. The van der Waals surface area contributed by atoms with Gasteiger partial charge in [0.15, 0.2) is 0 Å². The van der Waals surface area contributed by atoms with Crippen LogP contribution in [0.1, 0.15) is 32.4 Å². The molecule has 2 rings (SSSR count). The van der Waals surface area contributed by atoms with Gasteiger partial charge in [0.2, 0.25) is 11.8 Å². The van der Waals surface area contributed by atoms with Crippen LogP contribution in [0, 0.1) is 11.7 Å². The predicted molar refractivity (Wildman–Crippen MR) is 84.7 cm³/mol. The lowest BCUT2D eigenvalue weighted by Crippen LogP contribution is -2.47. The summed E-state index contributed by atoms with van der Waals surface area (Å²) in [5, 5.41) is 5.44. The number of amides is 2. The molecule has 0 bridgehead atoms. The van der Waals surface area contributed by atoms with Crippen molar-refractivity contribution < 1.29 is 14.0 Å². The Labute approximate surface area is 135 Å². The molecular formula is C16H23FN4O2. The van der Waals surface area contributed by atoms with Crippen LogP contribution < -0.4 is 21.5 Å². The van der Waals surface area contributed by atoms with Gasteiger partial charge in [-0.2, -0.15) is 0 Å². The number of hydrogen-bond acceptors (Lipinski definition) is 4. The quantitative estimate of drug-likeness (QED) is 0.655. The van der Waals surface area contributed by atoms with E-state index in [4.69, 9.17) is 0 Å². The highest BCUT2D eigenvalue weighted by Crippen LogP contribution is 2.25. The molecule has 0 spiro atoms. The lowest BCUT2D eigenvalue weighted by molar-refractivity contribution is -0.129. The molecule has 2 unspecified atom stereocenters. The summed E-state index contributed by atoms with van der Waals surface area (Å²) in [6, 6.07) is 5.75. The first-order valence-electron chi connectivity index (χ1n) is 7.59. The van der Waals surface area contributed by atoms with Crippen LogP contribution in [0.5, 0.6) is 0 Å². The zero-order chi connectivity index (χ0) is 17.0. The SMILES string of the molecule is CC(C)(C)NC(=O)CNC(=O)C1CNNC1c1ccc(F)cc1. The molecule has 7 heteroatoms. The van der Waals surface area contributed by atoms with E-state index in [1.54, 1.807) is 12.1 Å². The summed E-state index contributed by atoms with van der Waals surface area (Å²) < 4.78 is 13.0. The fourth-order valence-electron chi connectivity index (χ4n) is 2.49. The number of nitrogens with one attached hydrogen (secondary N) is 4. The zero-order valence-corrected chi connectivity index (χ0v) is 13.6. The van der Waals surface area contributed by atoms with Crippen LogP contribution in [0.3, 0.4) is 0 Å². The molecule has 1 fully saturated rings. The van der Waals surface area contributed by atoms with E-state index in [1.807, 2.05) is 20.8 Å². The number of halogens is 1. The van der Waals surface area contributed by atoms with Gasteiger partial charge in [-0.3, -0.25) is 15.0 Å². The van der Waals surface area contributed by atoms with Crippen LogP contribution in [0.2, 0.25) is 0 Å². The van der Waals surface area contributed by atoms with Crippen LogP contribution in [0.15, 0.2) is 24.3 Å². The number of hydrogen-bond donors (Lipinski definition) is 4. The topological polar surface area (TPSA) is 82.3 Å². The number of benzene rings is 1. The first-order chi connectivity index (χ1) is 10.8. The molecule has 1 heterocycles. The molecule has 4 N–H and O–H groups in total. The second-order valence-electron chi connectivity index (χ2n) is 6.68. The fourth-order valence-corrected chi connectivity index (χ4v) is 2.49. The molecule has 23 heavy (non-hydrogen) atoms. The molecule has 6 nitrogen and oxygen atoms in total. The number of rotatable bonds is 4. The van der Waals surface area contributed by atoms with Gasteiger partial charge in [-0.1, -0.05) is 12.1 Å². The largest absolute Gasteiger partial charge is 0.350 e. The maximum atomic E-state index is 13.0. The second kappa shape index (κ2) is 7.06. The lowest BCUT2D eigenvalue weighted by Gasteiger charge is -2.22. The molecule has 2 amide bonds. The summed E-state index contributed by atoms with van der Waals surface area (Å²) in [5.41, 5.74) is 6.43. The van der Waals surface area contributed by atoms with Crippen molar-refractivity contribution in [2.45, 2.75) is 32.4 Å². The maximum absolute atomic E-state index is 13.0. The minimum atomic E-state index is -0.372. The highest BCUT2D eigenvalue weighted by molar-refractivity contribution is 5.86. The molecule has 1 aliphatic rings. The monoisotopic (exact) mass is 322 g/mol. The van der Waals surface area contributed by atoms with Gasteiger partial charge in [0.05, 0.1) is 18.5 Å². The van der Waals surface area contributed by atoms with Crippen LogP contribution in [0.25, 0.3) is 0 Å². The molecular weight excluding hydrogens is 299 g/mol. The highest BCUT2D eigenvalue weighted by atomic mass is 19.1. The summed E-state index contributed by atoms with van der Waals surface area (Å²) in [5.74, 6) is -1.15. The average Bonchev–Trinajstić information content (AvgIpc) is 2.93. The minimum absolute atomic E-state index is 0.0667. The maximum Gasteiger partial charge on any atom is 0.239 e.